The van der Waals surface area contributed by atoms with Gasteiger partial charge in [0.15, 0.2) is 0 Å². The maximum atomic E-state index is 11.6. The van der Waals surface area contributed by atoms with E-state index in [0.29, 0.717) is 19.6 Å². The van der Waals surface area contributed by atoms with Crippen LogP contribution in [0.1, 0.15) is 31.4 Å². The molecule has 0 saturated heterocycles. The maximum absolute atomic E-state index is 11.6. The molecule has 1 amide bonds. The van der Waals surface area contributed by atoms with Crippen LogP contribution in [0.5, 0.6) is 5.75 Å². The van der Waals surface area contributed by atoms with Crippen LogP contribution in [0.25, 0.3) is 0 Å². The fourth-order valence-electron chi connectivity index (χ4n) is 1.55. The van der Waals surface area contributed by atoms with E-state index < -0.39 is 0 Å². The molecule has 1 rings (SSSR count). The average Bonchev–Trinajstić information content (AvgIpc) is 2.31. The molecule has 0 spiro atoms. The zero-order valence-corrected chi connectivity index (χ0v) is 13.5. The van der Waals surface area contributed by atoms with Gasteiger partial charge < -0.3 is 15.8 Å². The summed E-state index contributed by atoms with van der Waals surface area (Å²) in [4.78, 5) is 11.6. The topological polar surface area (TPSA) is 64.3 Å². The number of aryl methyl sites for hydroxylation is 1. The number of carbonyl (C=O) groups excluding carboxylic acids is 1. The van der Waals surface area contributed by atoms with Crippen molar-refractivity contribution in [2.24, 2.45) is 5.73 Å². The Morgan fingerprint density at radius 1 is 1.35 bits per heavy atom. The predicted octanol–water partition coefficient (Wildman–Crippen LogP) is 2.35. The molecule has 0 radical (unpaired) electrons. The minimum absolute atomic E-state index is 0. The fraction of sp³-hybridized carbons (Fsp3) is 0.533. The summed E-state index contributed by atoms with van der Waals surface area (Å²) < 4.78 is 5.63. The standard InChI is InChI=1S/C15H24N2O2.ClH/c1-11-6-5-7-13(12(11)2)19-9-8-14(18)17-10-15(3,4)16;/h5-7H,8-10,16H2,1-4H3,(H,17,18);1H. The number of hydrogen-bond acceptors (Lipinski definition) is 3. The number of rotatable bonds is 6. The molecule has 114 valence electrons. The molecule has 1 aromatic rings. The molecule has 5 heteroatoms. The van der Waals surface area contributed by atoms with Crippen LogP contribution in [-0.2, 0) is 4.79 Å². The van der Waals surface area contributed by atoms with E-state index in [9.17, 15) is 4.79 Å². The minimum atomic E-state index is -0.385. The van der Waals surface area contributed by atoms with Gasteiger partial charge in [0.25, 0.3) is 0 Å². The third kappa shape index (κ3) is 6.78. The van der Waals surface area contributed by atoms with Crippen LogP contribution < -0.4 is 15.8 Å². The fourth-order valence-corrected chi connectivity index (χ4v) is 1.55. The highest BCUT2D eigenvalue weighted by atomic mass is 35.5. The Morgan fingerprint density at radius 2 is 2.00 bits per heavy atom. The molecule has 0 fully saturated rings. The number of nitrogens with two attached hydrogens (primary N) is 1. The molecular formula is C15H25ClN2O2. The Balaban J connectivity index is 0.00000361. The second-order valence-corrected chi connectivity index (χ2v) is 5.56. The van der Waals surface area contributed by atoms with Crippen molar-refractivity contribution in [3.05, 3.63) is 29.3 Å². The molecule has 3 N–H and O–H groups in total. The van der Waals surface area contributed by atoms with Crippen molar-refractivity contribution in [1.82, 2.24) is 5.32 Å². The van der Waals surface area contributed by atoms with E-state index in [0.717, 1.165) is 11.3 Å². The van der Waals surface area contributed by atoms with Gasteiger partial charge in [-0.15, -0.1) is 12.4 Å². The van der Waals surface area contributed by atoms with Crippen LogP contribution >= 0.6 is 12.4 Å². The molecule has 20 heavy (non-hydrogen) atoms. The largest absolute Gasteiger partial charge is 0.493 e. The van der Waals surface area contributed by atoms with Gasteiger partial charge in [-0.25, -0.2) is 0 Å². The van der Waals surface area contributed by atoms with Crippen molar-refractivity contribution in [3.63, 3.8) is 0 Å². The molecule has 0 atom stereocenters. The van der Waals surface area contributed by atoms with Crippen molar-refractivity contribution in [2.45, 2.75) is 39.7 Å². The zero-order chi connectivity index (χ0) is 14.5. The van der Waals surface area contributed by atoms with Gasteiger partial charge in [-0.1, -0.05) is 12.1 Å². The third-order valence-corrected chi connectivity index (χ3v) is 2.88. The van der Waals surface area contributed by atoms with E-state index in [2.05, 4.69) is 5.32 Å². The Hall–Kier alpha value is -1.26. The van der Waals surface area contributed by atoms with Gasteiger partial charge in [0.05, 0.1) is 13.0 Å². The third-order valence-electron chi connectivity index (χ3n) is 2.88. The SMILES string of the molecule is Cc1cccc(OCCC(=O)NCC(C)(C)N)c1C.Cl. The Morgan fingerprint density at radius 3 is 2.60 bits per heavy atom. The number of amides is 1. The number of benzene rings is 1. The quantitative estimate of drug-likeness (QED) is 0.847. The first-order chi connectivity index (χ1) is 8.79. The molecular weight excluding hydrogens is 276 g/mol. The van der Waals surface area contributed by atoms with E-state index in [1.165, 1.54) is 5.56 Å². The summed E-state index contributed by atoms with van der Waals surface area (Å²) in [5.41, 5.74) is 7.71. The van der Waals surface area contributed by atoms with E-state index in [1.54, 1.807) is 0 Å². The molecule has 0 aromatic heterocycles. The lowest BCUT2D eigenvalue weighted by molar-refractivity contribution is -0.121. The van der Waals surface area contributed by atoms with Crippen LogP contribution in [0, 0.1) is 13.8 Å². The van der Waals surface area contributed by atoms with E-state index in [1.807, 2.05) is 45.9 Å². The lowest BCUT2D eigenvalue weighted by Gasteiger charge is -2.19. The average molecular weight is 301 g/mol. The summed E-state index contributed by atoms with van der Waals surface area (Å²) in [6.45, 7) is 8.65. The highest BCUT2D eigenvalue weighted by Crippen LogP contribution is 2.20. The molecule has 0 unspecified atom stereocenters. The van der Waals surface area contributed by atoms with Crippen molar-refractivity contribution >= 4 is 18.3 Å². The van der Waals surface area contributed by atoms with Crippen LogP contribution in [0.15, 0.2) is 18.2 Å². The first-order valence-electron chi connectivity index (χ1n) is 6.54. The molecule has 0 aliphatic rings. The van der Waals surface area contributed by atoms with Crippen LogP contribution in [0.4, 0.5) is 0 Å². The summed E-state index contributed by atoms with van der Waals surface area (Å²) >= 11 is 0. The van der Waals surface area contributed by atoms with Gasteiger partial charge in [0.2, 0.25) is 5.91 Å². The molecule has 1 aromatic carbocycles. The summed E-state index contributed by atoms with van der Waals surface area (Å²) in [5.74, 6) is 0.802. The molecule has 0 saturated carbocycles. The van der Waals surface area contributed by atoms with Gasteiger partial charge >= 0.3 is 0 Å². The van der Waals surface area contributed by atoms with Crippen molar-refractivity contribution < 1.29 is 9.53 Å². The van der Waals surface area contributed by atoms with E-state index >= 15 is 0 Å². The molecule has 4 nitrogen and oxygen atoms in total. The lowest BCUT2D eigenvalue weighted by Crippen LogP contribution is -2.45. The number of halogens is 1. The number of carbonyl (C=O) groups is 1. The molecule has 0 aliphatic heterocycles. The lowest BCUT2D eigenvalue weighted by atomic mass is 10.1. The highest BCUT2D eigenvalue weighted by Gasteiger charge is 2.12. The molecule has 0 heterocycles. The number of hydrogen-bond donors (Lipinski definition) is 2. The summed E-state index contributed by atoms with van der Waals surface area (Å²) in [6.07, 6.45) is 0.337. The predicted molar refractivity (Wildman–Crippen MR) is 84.6 cm³/mol. The second kappa shape index (κ2) is 8.12. The first kappa shape index (κ1) is 18.7. The van der Waals surface area contributed by atoms with Gasteiger partial charge in [0, 0.05) is 12.1 Å². The number of nitrogens with one attached hydrogen (secondary N) is 1. The maximum Gasteiger partial charge on any atom is 0.223 e. The van der Waals surface area contributed by atoms with E-state index in [-0.39, 0.29) is 23.9 Å². The summed E-state index contributed by atoms with van der Waals surface area (Å²) in [6, 6.07) is 5.91. The smallest absolute Gasteiger partial charge is 0.223 e. The second-order valence-electron chi connectivity index (χ2n) is 5.56. The molecule has 0 aliphatic carbocycles. The Labute approximate surface area is 127 Å². The van der Waals surface area contributed by atoms with Crippen LogP contribution in [0.2, 0.25) is 0 Å². The van der Waals surface area contributed by atoms with Gasteiger partial charge in [-0.2, -0.15) is 0 Å². The van der Waals surface area contributed by atoms with Crippen molar-refractivity contribution in [1.29, 1.82) is 0 Å². The molecule has 0 bridgehead atoms. The Kier molecular flexibility index (Phi) is 7.61. The highest BCUT2D eigenvalue weighted by molar-refractivity contribution is 5.85. The van der Waals surface area contributed by atoms with Crippen LogP contribution in [-0.4, -0.2) is 24.6 Å². The summed E-state index contributed by atoms with van der Waals surface area (Å²) in [7, 11) is 0. The first-order valence-corrected chi connectivity index (χ1v) is 6.54. The zero-order valence-electron chi connectivity index (χ0n) is 12.7. The summed E-state index contributed by atoms with van der Waals surface area (Å²) in [5, 5.41) is 2.79. The Bertz CT molecular complexity index is 442. The van der Waals surface area contributed by atoms with E-state index in [4.69, 9.17) is 10.5 Å². The monoisotopic (exact) mass is 300 g/mol. The van der Waals surface area contributed by atoms with Gasteiger partial charge in [-0.3, -0.25) is 4.79 Å². The van der Waals surface area contributed by atoms with Crippen LogP contribution in [0.3, 0.4) is 0 Å². The van der Waals surface area contributed by atoms with Gasteiger partial charge in [-0.05, 0) is 44.9 Å². The normalized spacial score (nSPS) is 10.7. The van der Waals surface area contributed by atoms with Crippen molar-refractivity contribution in [2.75, 3.05) is 13.2 Å². The minimum Gasteiger partial charge on any atom is -0.493 e. The van der Waals surface area contributed by atoms with Crippen molar-refractivity contribution in [3.8, 4) is 5.75 Å². The number of ether oxygens (including phenoxy) is 1. The van der Waals surface area contributed by atoms with Gasteiger partial charge in [0.1, 0.15) is 5.75 Å².